The van der Waals surface area contributed by atoms with E-state index in [4.69, 9.17) is 4.74 Å². The zero-order chi connectivity index (χ0) is 13.1. The topological polar surface area (TPSA) is 49.8 Å². The summed E-state index contributed by atoms with van der Waals surface area (Å²) >= 11 is 1.48. The summed E-state index contributed by atoms with van der Waals surface area (Å²) in [5.41, 5.74) is 1.13. The van der Waals surface area contributed by atoms with Crippen LogP contribution >= 0.6 is 11.3 Å². The lowest BCUT2D eigenvalue weighted by atomic mass is 10.1. The molecule has 2 atom stereocenters. The van der Waals surface area contributed by atoms with Gasteiger partial charge in [-0.1, -0.05) is 6.92 Å². The number of rotatable bonds is 5. The van der Waals surface area contributed by atoms with E-state index in [1.165, 1.54) is 11.3 Å². The third kappa shape index (κ3) is 2.98. The molecule has 4 nitrogen and oxygen atoms in total. The summed E-state index contributed by atoms with van der Waals surface area (Å²) in [6.45, 7) is 6.27. The number of aliphatic hydroxyl groups excluding tert-OH is 1. The summed E-state index contributed by atoms with van der Waals surface area (Å²) in [7, 11) is 0. The molecule has 0 bridgehead atoms. The smallest absolute Gasteiger partial charge is 0.169 e. The predicted octanol–water partition coefficient (Wildman–Crippen LogP) is 1.53. The lowest BCUT2D eigenvalue weighted by Crippen LogP contribution is -2.42. The van der Waals surface area contributed by atoms with Gasteiger partial charge in [0, 0.05) is 6.54 Å². The standard InChI is InChI=1S/C13H19NO3S/c1-3-14(11-6-17-7-12(11)16)5-10-4-13(9(2)15)18-8-10/h4,8,11-12,16H,3,5-7H2,1-2H3/t11-,12-/m0/s1. The molecular formula is C13H19NO3S. The SMILES string of the molecule is CCN(Cc1csc(C(C)=O)c1)[C@H]1COC[C@@H]1O. The van der Waals surface area contributed by atoms with Crippen molar-refractivity contribution in [1.29, 1.82) is 0 Å². The molecular weight excluding hydrogens is 250 g/mol. The second-order valence-electron chi connectivity index (χ2n) is 4.61. The molecule has 0 aromatic carbocycles. The Kier molecular flexibility index (Phi) is 4.50. The highest BCUT2D eigenvalue weighted by Crippen LogP contribution is 2.20. The monoisotopic (exact) mass is 269 g/mol. The van der Waals surface area contributed by atoms with Crippen molar-refractivity contribution in [2.75, 3.05) is 19.8 Å². The first-order valence-corrected chi connectivity index (χ1v) is 7.08. The van der Waals surface area contributed by atoms with Crippen LogP contribution in [0.1, 0.15) is 29.1 Å². The molecule has 1 aliphatic heterocycles. The van der Waals surface area contributed by atoms with Crippen molar-refractivity contribution >= 4 is 17.1 Å². The minimum Gasteiger partial charge on any atom is -0.389 e. The summed E-state index contributed by atoms with van der Waals surface area (Å²) in [6.07, 6.45) is -0.407. The van der Waals surface area contributed by atoms with Gasteiger partial charge >= 0.3 is 0 Å². The van der Waals surface area contributed by atoms with Crippen LogP contribution in [-0.2, 0) is 11.3 Å². The van der Waals surface area contributed by atoms with Gasteiger partial charge in [-0.05, 0) is 30.5 Å². The van der Waals surface area contributed by atoms with E-state index in [9.17, 15) is 9.90 Å². The Morgan fingerprint density at radius 2 is 2.39 bits per heavy atom. The lowest BCUT2D eigenvalue weighted by molar-refractivity contribution is 0.0808. The minimum absolute atomic E-state index is 0.0654. The van der Waals surface area contributed by atoms with Crippen LogP contribution in [0.25, 0.3) is 0 Å². The molecule has 2 heterocycles. The van der Waals surface area contributed by atoms with E-state index in [1.807, 2.05) is 11.4 Å². The average molecular weight is 269 g/mol. The van der Waals surface area contributed by atoms with Crippen molar-refractivity contribution in [2.45, 2.75) is 32.5 Å². The quantitative estimate of drug-likeness (QED) is 0.824. The van der Waals surface area contributed by atoms with E-state index in [2.05, 4.69) is 11.8 Å². The molecule has 5 heteroatoms. The van der Waals surface area contributed by atoms with E-state index in [0.29, 0.717) is 13.2 Å². The van der Waals surface area contributed by atoms with E-state index >= 15 is 0 Å². The van der Waals surface area contributed by atoms with Crippen LogP contribution in [0.15, 0.2) is 11.4 Å². The number of likely N-dealkylation sites (N-methyl/N-ethyl adjacent to an activating group) is 1. The Morgan fingerprint density at radius 3 is 2.89 bits per heavy atom. The largest absolute Gasteiger partial charge is 0.389 e. The maximum atomic E-state index is 11.3. The van der Waals surface area contributed by atoms with Crippen molar-refractivity contribution in [3.05, 3.63) is 21.9 Å². The van der Waals surface area contributed by atoms with E-state index in [-0.39, 0.29) is 11.8 Å². The molecule has 0 radical (unpaired) electrons. The third-order valence-electron chi connectivity index (χ3n) is 3.28. The molecule has 0 unspecified atom stereocenters. The number of Topliss-reactive ketones (excluding diaryl/α,β-unsaturated/α-hetero) is 1. The van der Waals surface area contributed by atoms with Crippen molar-refractivity contribution < 1.29 is 14.6 Å². The molecule has 0 saturated carbocycles. The highest BCUT2D eigenvalue weighted by molar-refractivity contribution is 7.12. The van der Waals surface area contributed by atoms with Gasteiger partial charge in [0.25, 0.3) is 0 Å². The van der Waals surface area contributed by atoms with Crippen LogP contribution in [0, 0.1) is 0 Å². The van der Waals surface area contributed by atoms with Crippen molar-refractivity contribution in [3.8, 4) is 0 Å². The first-order valence-electron chi connectivity index (χ1n) is 6.20. The van der Waals surface area contributed by atoms with Crippen LogP contribution in [-0.4, -0.2) is 47.7 Å². The van der Waals surface area contributed by atoms with E-state index < -0.39 is 6.10 Å². The Bertz CT molecular complexity index is 418. The molecule has 0 spiro atoms. The number of thiophene rings is 1. The predicted molar refractivity (Wildman–Crippen MR) is 71.0 cm³/mol. The van der Waals surface area contributed by atoms with E-state index in [1.54, 1.807) is 6.92 Å². The summed E-state index contributed by atoms with van der Waals surface area (Å²) in [5, 5.41) is 11.9. The fourth-order valence-electron chi connectivity index (χ4n) is 2.22. The van der Waals surface area contributed by atoms with Gasteiger partial charge in [0.05, 0.1) is 30.2 Å². The number of ether oxygens (including phenoxy) is 1. The number of carbonyl (C=O) groups is 1. The van der Waals surface area contributed by atoms with Gasteiger partial charge in [0.2, 0.25) is 0 Å². The number of hydrogen-bond acceptors (Lipinski definition) is 5. The molecule has 1 N–H and O–H groups in total. The molecule has 2 rings (SSSR count). The fourth-order valence-corrected chi connectivity index (χ4v) is 3.03. The van der Waals surface area contributed by atoms with Crippen LogP contribution < -0.4 is 0 Å². The number of carbonyl (C=O) groups excluding carboxylic acids is 1. The van der Waals surface area contributed by atoms with Crippen molar-refractivity contribution in [3.63, 3.8) is 0 Å². The number of hydrogen-bond donors (Lipinski definition) is 1. The molecule has 100 valence electrons. The van der Waals surface area contributed by atoms with Gasteiger partial charge in [-0.3, -0.25) is 9.69 Å². The zero-order valence-electron chi connectivity index (χ0n) is 10.8. The van der Waals surface area contributed by atoms with Crippen LogP contribution in [0.3, 0.4) is 0 Å². The number of nitrogens with zero attached hydrogens (tertiary/aromatic N) is 1. The van der Waals surface area contributed by atoms with Gasteiger partial charge < -0.3 is 9.84 Å². The molecule has 0 aliphatic carbocycles. The van der Waals surface area contributed by atoms with Crippen LogP contribution in [0.5, 0.6) is 0 Å². The second-order valence-corrected chi connectivity index (χ2v) is 5.52. The van der Waals surface area contributed by atoms with Gasteiger partial charge in [0.15, 0.2) is 5.78 Å². The Morgan fingerprint density at radius 1 is 1.61 bits per heavy atom. The maximum Gasteiger partial charge on any atom is 0.169 e. The summed E-state index contributed by atoms with van der Waals surface area (Å²) in [6, 6.07) is 2.01. The first kappa shape index (κ1) is 13.7. The molecule has 1 fully saturated rings. The fraction of sp³-hybridized carbons (Fsp3) is 0.615. The normalized spacial score (nSPS) is 23.8. The first-order chi connectivity index (χ1) is 8.61. The minimum atomic E-state index is -0.407. The van der Waals surface area contributed by atoms with Crippen molar-refractivity contribution in [2.24, 2.45) is 0 Å². The second kappa shape index (κ2) is 5.93. The molecule has 1 aliphatic rings. The average Bonchev–Trinajstić information content (AvgIpc) is 2.95. The van der Waals surface area contributed by atoms with Gasteiger partial charge in [-0.15, -0.1) is 11.3 Å². The van der Waals surface area contributed by atoms with Crippen molar-refractivity contribution in [1.82, 2.24) is 4.90 Å². The molecule has 1 saturated heterocycles. The van der Waals surface area contributed by atoms with Crippen LogP contribution in [0.2, 0.25) is 0 Å². The Hall–Kier alpha value is -0.750. The highest BCUT2D eigenvalue weighted by atomic mass is 32.1. The molecule has 1 aromatic rings. The Balaban J connectivity index is 2.03. The molecule has 18 heavy (non-hydrogen) atoms. The van der Waals surface area contributed by atoms with Gasteiger partial charge in [-0.2, -0.15) is 0 Å². The maximum absolute atomic E-state index is 11.3. The number of ketones is 1. The summed E-state index contributed by atoms with van der Waals surface area (Å²) < 4.78 is 5.29. The molecule has 0 amide bonds. The van der Waals surface area contributed by atoms with E-state index in [0.717, 1.165) is 23.5 Å². The third-order valence-corrected chi connectivity index (χ3v) is 4.36. The van der Waals surface area contributed by atoms with Gasteiger partial charge in [0.1, 0.15) is 0 Å². The molecule has 1 aromatic heterocycles. The number of aliphatic hydroxyl groups is 1. The van der Waals surface area contributed by atoms with Crippen LogP contribution in [0.4, 0.5) is 0 Å². The Labute approximate surface area is 111 Å². The summed E-state index contributed by atoms with van der Waals surface area (Å²) in [5.74, 6) is 0.110. The highest BCUT2D eigenvalue weighted by Gasteiger charge is 2.30. The van der Waals surface area contributed by atoms with Gasteiger partial charge in [-0.25, -0.2) is 0 Å². The lowest BCUT2D eigenvalue weighted by Gasteiger charge is -2.28. The summed E-state index contributed by atoms with van der Waals surface area (Å²) in [4.78, 5) is 14.3. The zero-order valence-corrected chi connectivity index (χ0v) is 11.6.